The summed E-state index contributed by atoms with van der Waals surface area (Å²) in [5.74, 6) is 0. The van der Waals surface area contributed by atoms with Crippen LogP contribution in [0.15, 0.2) is 229 Å². The van der Waals surface area contributed by atoms with Gasteiger partial charge in [-0.05, 0) is 98.6 Å². The minimum absolute atomic E-state index is 0.550. The van der Waals surface area contributed by atoms with E-state index in [0.717, 1.165) is 55.7 Å². The molecule has 268 valence electrons. The predicted octanol–water partition coefficient (Wildman–Crippen LogP) is 14.8. The molecule has 0 saturated heterocycles. The molecule has 0 bridgehead atoms. The molecule has 0 amide bonds. The van der Waals surface area contributed by atoms with E-state index < -0.39 is 5.41 Å². The maximum absolute atomic E-state index is 6.46. The molecule has 1 aliphatic carbocycles. The average molecular weight is 728 g/mol. The van der Waals surface area contributed by atoms with Crippen molar-refractivity contribution in [3.63, 3.8) is 0 Å². The number of benzene rings is 9. The van der Waals surface area contributed by atoms with Gasteiger partial charge in [0, 0.05) is 33.4 Å². The summed E-state index contributed by atoms with van der Waals surface area (Å²) in [4.78, 5) is 2.40. The Bertz CT molecular complexity index is 3010. The molecule has 1 aromatic heterocycles. The van der Waals surface area contributed by atoms with E-state index in [1.807, 2.05) is 12.1 Å². The molecular weight excluding hydrogens is 691 g/mol. The number of hydrogen-bond donors (Lipinski definition) is 0. The summed E-state index contributed by atoms with van der Waals surface area (Å²) in [6, 6.07) is 81.3. The van der Waals surface area contributed by atoms with Crippen LogP contribution in [0.3, 0.4) is 0 Å². The third kappa shape index (κ3) is 5.26. The molecule has 0 aliphatic heterocycles. The van der Waals surface area contributed by atoms with Crippen LogP contribution >= 0.6 is 0 Å². The van der Waals surface area contributed by atoms with Crippen molar-refractivity contribution in [3.05, 3.63) is 247 Å². The van der Waals surface area contributed by atoms with Gasteiger partial charge < -0.3 is 9.32 Å². The van der Waals surface area contributed by atoms with Crippen LogP contribution in [-0.4, -0.2) is 0 Å². The fourth-order valence-electron chi connectivity index (χ4n) is 9.25. The topological polar surface area (TPSA) is 16.4 Å². The Morgan fingerprint density at radius 1 is 0.333 bits per heavy atom. The van der Waals surface area contributed by atoms with Crippen LogP contribution < -0.4 is 4.90 Å². The molecule has 0 atom stereocenters. The smallest absolute Gasteiger partial charge is 0.143 e. The summed E-state index contributed by atoms with van der Waals surface area (Å²) < 4.78 is 6.46. The van der Waals surface area contributed by atoms with Crippen LogP contribution in [0.1, 0.15) is 22.3 Å². The third-order valence-corrected chi connectivity index (χ3v) is 11.7. The van der Waals surface area contributed by atoms with Crippen LogP contribution in [0.2, 0.25) is 0 Å². The molecule has 57 heavy (non-hydrogen) atoms. The summed E-state index contributed by atoms with van der Waals surface area (Å²) in [7, 11) is 0. The SMILES string of the molecule is c1ccc(-c2cc(N(c3ccccc3)c3ccc(-c4cccc5c4oc4ccccc45)cc3)cc(C3(c4ccccc4)c4ccccc4-c4ccccc43)c2)cc1. The zero-order valence-electron chi connectivity index (χ0n) is 31.2. The van der Waals surface area contributed by atoms with Crippen molar-refractivity contribution >= 4 is 39.0 Å². The highest BCUT2D eigenvalue weighted by Crippen LogP contribution is 2.57. The Kier molecular flexibility index (Phi) is 7.75. The van der Waals surface area contributed by atoms with Gasteiger partial charge in [-0.15, -0.1) is 0 Å². The minimum Gasteiger partial charge on any atom is -0.455 e. The van der Waals surface area contributed by atoms with Crippen molar-refractivity contribution < 1.29 is 4.42 Å². The van der Waals surface area contributed by atoms with Crippen molar-refractivity contribution in [2.75, 3.05) is 4.90 Å². The second-order valence-electron chi connectivity index (χ2n) is 14.8. The van der Waals surface area contributed by atoms with Gasteiger partial charge in [-0.2, -0.15) is 0 Å². The Labute approximate surface area is 332 Å². The molecule has 10 aromatic rings. The molecule has 0 fully saturated rings. The van der Waals surface area contributed by atoms with E-state index in [1.165, 1.54) is 38.9 Å². The normalized spacial score (nSPS) is 12.7. The molecule has 0 saturated carbocycles. The lowest BCUT2D eigenvalue weighted by molar-refractivity contribution is 0.670. The molecule has 2 heteroatoms. The average Bonchev–Trinajstić information content (AvgIpc) is 3.82. The van der Waals surface area contributed by atoms with Gasteiger partial charge in [0.2, 0.25) is 0 Å². The van der Waals surface area contributed by atoms with E-state index in [-0.39, 0.29) is 0 Å². The van der Waals surface area contributed by atoms with E-state index in [0.29, 0.717) is 0 Å². The number of para-hydroxylation sites is 3. The van der Waals surface area contributed by atoms with Crippen LogP contribution in [0.5, 0.6) is 0 Å². The second kappa shape index (κ2) is 13.4. The van der Waals surface area contributed by atoms with Crippen molar-refractivity contribution in [3.8, 4) is 33.4 Å². The van der Waals surface area contributed by atoms with Gasteiger partial charge in [-0.1, -0.05) is 176 Å². The molecule has 0 unspecified atom stereocenters. The standard InChI is InChI=1S/C55H37NO/c1-4-17-38(18-5-1)40-35-42(55(41-19-6-2-7-20-41)51-28-13-10-23-47(51)48-24-11-14-29-52(48)55)37-45(36-40)56(43-21-8-3-9-22-43)44-33-31-39(32-34-44)46-26-16-27-50-49-25-12-15-30-53(49)57-54(46)50/h1-37H. The Balaban J connectivity index is 1.15. The third-order valence-electron chi connectivity index (χ3n) is 11.7. The quantitative estimate of drug-likeness (QED) is 0.163. The maximum atomic E-state index is 6.46. The maximum Gasteiger partial charge on any atom is 0.143 e. The van der Waals surface area contributed by atoms with E-state index in [9.17, 15) is 0 Å². The fourth-order valence-corrected chi connectivity index (χ4v) is 9.25. The minimum atomic E-state index is -0.550. The molecule has 1 aliphatic rings. The number of hydrogen-bond acceptors (Lipinski definition) is 2. The molecule has 0 spiro atoms. The zero-order chi connectivity index (χ0) is 37.8. The Hall–Kier alpha value is -7.42. The zero-order valence-corrected chi connectivity index (χ0v) is 31.2. The molecule has 9 aromatic carbocycles. The first-order chi connectivity index (χ1) is 28.3. The van der Waals surface area contributed by atoms with Gasteiger partial charge in [0.1, 0.15) is 11.2 Å². The number of anilines is 3. The summed E-state index contributed by atoms with van der Waals surface area (Å²) >= 11 is 0. The molecule has 0 radical (unpaired) electrons. The second-order valence-corrected chi connectivity index (χ2v) is 14.8. The van der Waals surface area contributed by atoms with Crippen molar-refractivity contribution in [2.24, 2.45) is 0 Å². The highest BCUT2D eigenvalue weighted by molar-refractivity contribution is 6.09. The predicted molar refractivity (Wildman–Crippen MR) is 237 cm³/mol. The van der Waals surface area contributed by atoms with Crippen molar-refractivity contribution in [1.29, 1.82) is 0 Å². The first kappa shape index (κ1) is 33.0. The Morgan fingerprint density at radius 2 is 0.895 bits per heavy atom. The Morgan fingerprint density at radius 3 is 1.61 bits per heavy atom. The van der Waals surface area contributed by atoms with E-state index in [1.54, 1.807) is 0 Å². The summed E-state index contributed by atoms with van der Waals surface area (Å²) in [5, 5.41) is 2.27. The summed E-state index contributed by atoms with van der Waals surface area (Å²) in [6.07, 6.45) is 0. The van der Waals surface area contributed by atoms with Gasteiger partial charge in [0.05, 0.1) is 5.41 Å². The van der Waals surface area contributed by atoms with Crippen molar-refractivity contribution in [1.82, 2.24) is 0 Å². The largest absolute Gasteiger partial charge is 0.455 e. The monoisotopic (exact) mass is 727 g/mol. The summed E-state index contributed by atoms with van der Waals surface area (Å²) in [6.45, 7) is 0. The van der Waals surface area contributed by atoms with Gasteiger partial charge >= 0.3 is 0 Å². The lowest BCUT2D eigenvalue weighted by Crippen LogP contribution is -2.29. The van der Waals surface area contributed by atoms with E-state index in [4.69, 9.17) is 4.42 Å². The van der Waals surface area contributed by atoms with Gasteiger partial charge in [0.15, 0.2) is 0 Å². The van der Waals surface area contributed by atoms with E-state index >= 15 is 0 Å². The molecule has 1 heterocycles. The highest BCUT2D eigenvalue weighted by atomic mass is 16.3. The van der Waals surface area contributed by atoms with Crippen LogP contribution in [0.25, 0.3) is 55.3 Å². The number of furan rings is 1. The molecule has 2 nitrogen and oxygen atoms in total. The lowest BCUT2D eigenvalue weighted by atomic mass is 9.67. The van der Waals surface area contributed by atoms with Gasteiger partial charge in [-0.25, -0.2) is 0 Å². The van der Waals surface area contributed by atoms with Gasteiger partial charge in [0.25, 0.3) is 0 Å². The fraction of sp³-hybridized carbons (Fsp3) is 0.0182. The number of rotatable bonds is 7. The van der Waals surface area contributed by atoms with Gasteiger partial charge in [-0.3, -0.25) is 0 Å². The molecule has 0 N–H and O–H groups in total. The number of fused-ring (bicyclic) bond motifs is 6. The lowest BCUT2D eigenvalue weighted by Gasteiger charge is -2.35. The molecule has 11 rings (SSSR count). The van der Waals surface area contributed by atoms with Crippen LogP contribution in [0, 0.1) is 0 Å². The van der Waals surface area contributed by atoms with Crippen LogP contribution in [0.4, 0.5) is 17.1 Å². The first-order valence-electron chi connectivity index (χ1n) is 19.6. The van der Waals surface area contributed by atoms with Crippen molar-refractivity contribution in [2.45, 2.75) is 5.41 Å². The first-order valence-corrected chi connectivity index (χ1v) is 19.6. The molecular formula is C55H37NO. The van der Waals surface area contributed by atoms with E-state index in [2.05, 4.69) is 217 Å². The number of nitrogens with zero attached hydrogens (tertiary/aromatic N) is 1. The summed E-state index contributed by atoms with van der Waals surface area (Å²) in [5.41, 5.74) is 16.6. The van der Waals surface area contributed by atoms with Crippen LogP contribution in [-0.2, 0) is 5.41 Å². The highest BCUT2D eigenvalue weighted by Gasteiger charge is 2.46.